The highest BCUT2D eigenvalue weighted by Gasteiger charge is 2.16. The third-order valence-corrected chi connectivity index (χ3v) is 6.14. The molecule has 27 heavy (non-hydrogen) atoms. The van der Waals surface area contributed by atoms with Crippen LogP contribution in [0.25, 0.3) is 0 Å². The summed E-state index contributed by atoms with van der Waals surface area (Å²) in [6.07, 6.45) is 3.08. The molecule has 0 bridgehead atoms. The Morgan fingerprint density at radius 2 is 1.89 bits per heavy atom. The number of rotatable bonds is 6. The number of fused-ring (bicyclic) bond motifs is 1. The highest BCUT2D eigenvalue weighted by molar-refractivity contribution is 7.90. The van der Waals surface area contributed by atoms with Gasteiger partial charge in [-0.05, 0) is 48.6 Å². The molecule has 3 rings (SSSR count). The third-order valence-electron chi connectivity index (χ3n) is 5.03. The molecule has 0 saturated heterocycles. The SMILES string of the molecule is Cc1ccc(S(C)(=O)=O)cc1C(=O)NCCCN1CCc2ccccc2C1. The number of sulfone groups is 1. The van der Waals surface area contributed by atoms with Crippen LogP contribution in [0.3, 0.4) is 0 Å². The van der Waals surface area contributed by atoms with E-state index >= 15 is 0 Å². The zero-order valence-electron chi connectivity index (χ0n) is 15.9. The first kappa shape index (κ1) is 19.6. The van der Waals surface area contributed by atoms with E-state index in [0.717, 1.165) is 44.3 Å². The van der Waals surface area contributed by atoms with Crippen LogP contribution in [0.5, 0.6) is 0 Å². The highest BCUT2D eigenvalue weighted by Crippen LogP contribution is 2.18. The summed E-state index contributed by atoms with van der Waals surface area (Å²) in [5.74, 6) is -0.220. The number of aryl methyl sites for hydroxylation is 1. The lowest BCUT2D eigenvalue weighted by atomic mass is 10.00. The summed E-state index contributed by atoms with van der Waals surface area (Å²) in [4.78, 5) is 15.0. The number of hydrogen-bond acceptors (Lipinski definition) is 4. The summed E-state index contributed by atoms with van der Waals surface area (Å²) >= 11 is 0. The molecular weight excluding hydrogens is 360 g/mol. The molecule has 1 aliphatic rings. The Hall–Kier alpha value is -2.18. The average Bonchev–Trinajstić information content (AvgIpc) is 2.64. The number of nitrogens with zero attached hydrogens (tertiary/aromatic N) is 1. The second-order valence-corrected chi connectivity index (χ2v) is 9.17. The smallest absolute Gasteiger partial charge is 0.251 e. The summed E-state index contributed by atoms with van der Waals surface area (Å²) in [6.45, 7) is 5.31. The van der Waals surface area contributed by atoms with E-state index in [0.29, 0.717) is 12.1 Å². The molecule has 5 nitrogen and oxygen atoms in total. The van der Waals surface area contributed by atoms with Gasteiger partial charge >= 0.3 is 0 Å². The van der Waals surface area contributed by atoms with Crippen molar-refractivity contribution in [2.24, 2.45) is 0 Å². The maximum atomic E-state index is 12.4. The van der Waals surface area contributed by atoms with Gasteiger partial charge in [0.2, 0.25) is 0 Å². The van der Waals surface area contributed by atoms with Crippen LogP contribution in [-0.2, 0) is 22.8 Å². The van der Waals surface area contributed by atoms with Gasteiger partial charge < -0.3 is 5.32 Å². The summed E-state index contributed by atoms with van der Waals surface area (Å²) < 4.78 is 23.4. The monoisotopic (exact) mass is 386 g/mol. The van der Waals surface area contributed by atoms with Crippen molar-refractivity contribution in [2.75, 3.05) is 25.9 Å². The molecule has 0 spiro atoms. The van der Waals surface area contributed by atoms with Crippen molar-refractivity contribution in [1.29, 1.82) is 0 Å². The van der Waals surface area contributed by atoms with Crippen LogP contribution in [-0.4, -0.2) is 45.1 Å². The fourth-order valence-electron chi connectivity index (χ4n) is 3.42. The molecule has 0 unspecified atom stereocenters. The average molecular weight is 387 g/mol. The van der Waals surface area contributed by atoms with Crippen LogP contribution in [0.1, 0.15) is 33.5 Å². The second kappa shape index (κ2) is 8.23. The Labute approximate surface area is 161 Å². The minimum absolute atomic E-state index is 0.172. The molecule has 6 heteroatoms. The lowest BCUT2D eigenvalue weighted by molar-refractivity contribution is 0.0950. The van der Waals surface area contributed by atoms with Crippen LogP contribution in [0, 0.1) is 6.92 Å². The summed E-state index contributed by atoms with van der Waals surface area (Å²) in [5.41, 5.74) is 4.02. The molecule has 1 aliphatic heterocycles. The van der Waals surface area contributed by atoms with Crippen LogP contribution >= 0.6 is 0 Å². The van der Waals surface area contributed by atoms with Gasteiger partial charge in [-0.1, -0.05) is 30.3 Å². The Morgan fingerprint density at radius 1 is 1.15 bits per heavy atom. The summed E-state index contributed by atoms with van der Waals surface area (Å²) in [5, 5.41) is 2.92. The van der Waals surface area contributed by atoms with Crippen molar-refractivity contribution in [3.05, 3.63) is 64.7 Å². The molecule has 144 valence electrons. The molecule has 2 aromatic rings. The normalized spacial score (nSPS) is 14.6. The quantitative estimate of drug-likeness (QED) is 0.775. The number of amides is 1. The van der Waals surface area contributed by atoms with E-state index in [-0.39, 0.29) is 10.8 Å². The van der Waals surface area contributed by atoms with E-state index < -0.39 is 9.84 Å². The Bertz CT molecular complexity index is 938. The maximum absolute atomic E-state index is 12.4. The zero-order chi connectivity index (χ0) is 19.4. The molecular formula is C21H26N2O3S. The van der Waals surface area contributed by atoms with Gasteiger partial charge in [-0.3, -0.25) is 9.69 Å². The standard InChI is InChI=1S/C21H26N2O3S/c1-16-8-9-19(27(2,25)26)14-20(16)21(24)22-11-5-12-23-13-10-17-6-3-4-7-18(17)15-23/h3-4,6-9,14H,5,10-13,15H2,1-2H3,(H,22,24). The van der Waals surface area contributed by atoms with E-state index in [4.69, 9.17) is 0 Å². The van der Waals surface area contributed by atoms with E-state index in [1.54, 1.807) is 6.07 Å². The third kappa shape index (κ3) is 4.96. The first-order chi connectivity index (χ1) is 12.8. The molecule has 2 aromatic carbocycles. The van der Waals surface area contributed by atoms with Gasteiger partial charge in [-0.25, -0.2) is 8.42 Å². The fraction of sp³-hybridized carbons (Fsp3) is 0.381. The van der Waals surface area contributed by atoms with Gasteiger partial charge in [0.25, 0.3) is 5.91 Å². The Balaban J connectivity index is 1.51. The van der Waals surface area contributed by atoms with E-state index in [9.17, 15) is 13.2 Å². The van der Waals surface area contributed by atoms with Crippen LogP contribution in [0.2, 0.25) is 0 Å². The van der Waals surface area contributed by atoms with Gasteiger partial charge in [0.05, 0.1) is 4.90 Å². The topological polar surface area (TPSA) is 66.5 Å². The van der Waals surface area contributed by atoms with E-state index in [1.807, 2.05) is 6.92 Å². The molecule has 1 N–H and O–H groups in total. The van der Waals surface area contributed by atoms with Crippen LogP contribution in [0.4, 0.5) is 0 Å². The lowest BCUT2D eigenvalue weighted by Crippen LogP contribution is -2.33. The van der Waals surface area contributed by atoms with Crippen molar-refractivity contribution in [1.82, 2.24) is 10.2 Å². The fourth-order valence-corrected chi connectivity index (χ4v) is 4.07. The predicted molar refractivity (Wildman–Crippen MR) is 107 cm³/mol. The van der Waals surface area contributed by atoms with E-state index in [1.165, 1.54) is 23.3 Å². The minimum atomic E-state index is -3.33. The van der Waals surface area contributed by atoms with Gasteiger partial charge in [0.1, 0.15) is 0 Å². The first-order valence-corrected chi connectivity index (χ1v) is 11.1. The number of carbonyl (C=O) groups excluding carboxylic acids is 1. The Morgan fingerprint density at radius 3 is 2.63 bits per heavy atom. The Kier molecular flexibility index (Phi) is 5.97. The van der Waals surface area contributed by atoms with Crippen molar-refractivity contribution in [3.8, 4) is 0 Å². The van der Waals surface area contributed by atoms with Gasteiger partial charge in [0.15, 0.2) is 9.84 Å². The molecule has 1 amide bonds. The molecule has 0 saturated carbocycles. The van der Waals surface area contributed by atoms with Crippen molar-refractivity contribution in [3.63, 3.8) is 0 Å². The first-order valence-electron chi connectivity index (χ1n) is 9.22. The van der Waals surface area contributed by atoms with Crippen LogP contribution in [0.15, 0.2) is 47.4 Å². The van der Waals surface area contributed by atoms with Gasteiger partial charge in [-0.2, -0.15) is 0 Å². The van der Waals surface area contributed by atoms with Gasteiger partial charge in [0, 0.05) is 38.0 Å². The van der Waals surface area contributed by atoms with Crippen molar-refractivity contribution >= 4 is 15.7 Å². The molecule has 0 radical (unpaired) electrons. The molecule has 0 aromatic heterocycles. The van der Waals surface area contributed by atoms with Crippen LogP contribution < -0.4 is 5.32 Å². The molecule has 1 heterocycles. The lowest BCUT2D eigenvalue weighted by Gasteiger charge is -2.28. The predicted octanol–water partition coefficient (Wildman–Crippen LogP) is 2.58. The minimum Gasteiger partial charge on any atom is -0.352 e. The highest BCUT2D eigenvalue weighted by atomic mass is 32.2. The van der Waals surface area contributed by atoms with Crippen molar-refractivity contribution in [2.45, 2.75) is 31.2 Å². The molecule has 0 aliphatic carbocycles. The van der Waals surface area contributed by atoms with Gasteiger partial charge in [-0.15, -0.1) is 0 Å². The number of hydrogen-bond donors (Lipinski definition) is 1. The zero-order valence-corrected chi connectivity index (χ0v) is 16.7. The second-order valence-electron chi connectivity index (χ2n) is 7.15. The number of nitrogens with one attached hydrogen (secondary N) is 1. The van der Waals surface area contributed by atoms with E-state index in [2.05, 4.69) is 34.5 Å². The largest absolute Gasteiger partial charge is 0.352 e. The number of benzene rings is 2. The summed E-state index contributed by atoms with van der Waals surface area (Å²) in [6, 6.07) is 13.2. The maximum Gasteiger partial charge on any atom is 0.251 e. The van der Waals surface area contributed by atoms with Crippen molar-refractivity contribution < 1.29 is 13.2 Å². The summed E-state index contributed by atoms with van der Waals surface area (Å²) in [7, 11) is -3.33. The molecule has 0 atom stereocenters. The molecule has 0 fully saturated rings. The number of carbonyl (C=O) groups is 1.